The van der Waals surface area contributed by atoms with Crippen molar-refractivity contribution in [3.63, 3.8) is 0 Å². The average molecular weight is 382 g/mol. The van der Waals surface area contributed by atoms with Crippen molar-refractivity contribution in [1.82, 2.24) is 4.90 Å². The highest BCUT2D eigenvalue weighted by atomic mass is 35.5. The second kappa shape index (κ2) is 8.27. The molecule has 0 aromatic heterocycles. The fourth-order valence-electron chi connectivity index (χ4n) is 3.49. The van der Waals surface area contributed by atoms with E-state index in [0.29, 0.717) is 25.3 Å². The minimum absolute atomic E-state index is 0. The molecule has 2 saturated heterocycles. The average Bonchev–Trinajstić information content (AvgIpc) is 3.01. The van der Waals surface area contributed by atoms with Crippen LogP contribution in [0.5, 0.6) is 5.75 Å². The van der Waals surface area contributed by atoms with Crippen molar-refractivity contribution in [3.8, 4) is 5.75 Å². The van der Waals surface area contributed by atoms with Gasteiger partial charge in [0, 0.05) is 43.9 Å². The highest BCUT2D eigenvalue weighted by Crippen LogP contribution is 2.28. The van der Waals surface area contributed by atoms with Crippen LogP contribution >= 0.6 is 12.4 Å². The third-order valence-electron chi connectivity index (χ3n) is 5.23. The van der Waals surface area contributed by atoms with Gasteiger partial charge in [0.05, 0.1) is 0 Å². The molecular weight excluding hydrogens is 354 g/mol. The number of carbonyl (C=O) groups excluding carboxylic acids is 2. The van der Waals surface area contributed by atoms with E-state index in [0.717, 1.165) is 25.1 Å². The first-order chi connectivity index (χ1) is 11.9. The van der Waals surface area contributed by atoms with Crippen LogP contribution in [0.3, 0.4) is 0 Å². The summed E-state index contributed by atoms with van der Waals surface area (Å²) >= 11 is 0. The van der Waals surface area contributed by atoms with E-state index in [1.165, 1.54) is 0 Å². The normalized spacial score (nSPS) is 22.1. The van der Waals surface area contributed by atoms with Crippen LogP contribution in [-0.4, -0.2) is 49.0 Å². The summed E-state index contributed by atoms with van der Waals surface area (Å²) in [5, 5.41) is 0. The van der Waals surface area contributed by atoms with Crippen LogP contribution in [0.4, 0.5) is 5.69 Å². The number of hydrogen-bond acceptors (Lipinski definition) is 4. The lowest BCUT2D eigenvalue weighted by Gasteiger charge is -2.42. The molecule has 0 radical (unpaired) electrons. The minimum atomic E-state index is -0.0794. The van der Waals surface area contributed by atoms with Gasteiger partial charge in [-0.05, 0) is 30.4 Å². The van der Waals surface area contributed by atoms with Crippen LogP contribution in [0, 0.1) is 5.41 Å². The number of piperidine rings is 1. The highest BCUT2D eigenvalue weighted by Gasteiger charge is 2.35. The smallest absolute Gasteiger partial charge is 0.260 e. The molecule has 2 fully saturated rings. The SMILES string of the molecule is CC1(C)CN(C(=O)COc2cccc(N3CCCC3=O)c2)CCC1N.Cl. The molecule has 2 N–H and O–H groups in total. The van der Waals surface area contributed by atoms with E-state index in [2.05, 4.69) is 13.8 Å². The van der Waals surface area contributed by atoms with Crippen LogP contribution in [-0.2, 0) is 9.59 Å². The predicted octanol–water partition coefficient (Wildman–Crippen LogP) is 2.20. The molecule has 2 aliphatic rings. The van der Waals surface area contributed by atoms with Gasteiger partial charge in [-0.25, -0.2) is 0 Å². The van der Waals surface area contributed by atoms with Gasteiger partial charge in [0.1, 0.15) is 5.75 Å². The fraction of sp³-hybridized carbons (Fsp3) is 0.579. The van der Waals surface area contributed by atoms with Gasteiger partial charge < -0.3 is 20.3 Å². The maximum atomic E-state index is 12.5. The monoisotopic (exact) mass is 381 g/mol. The maximum Gasteiger partial charge on any atom is 0.260 e. The Bertz CT molecular complexity index is 665. The quantitative estimate of drug-likeness (QED) is 0.867. The molecule has 3 rings (SSSR count). The molecule has 1 atom stereocenters. The number of likely N-dealkylation sites (tertiary alicyclic amines) is 1. The zero-order valence-electron chi connectivity index (χ0n) is 15.4. The first kappa shape index (κ1) is 20.5. The Morgan fingerprint density at radius 3 is 2.77 bits per heavy atom. The van der Waals surface area contributed by atoms with Crippen molar-refractivity contribution in [3.05, 3.63) is 24.3 Å². The Morgan fingerprint density at radius 1 is 1.35 bits per heavy atom. The number of anilines is 1. The molecule has 0 saturated carbocycles. The molecule has 0 spiro atoms. The highest BCUT2D eigenvalue weighted by molar-refractivity contribution is 5.95. The summed E-state index contributed by atoms with van der Waals surface area (Å²) < 4.78 is 5.69. The second-order valence-corrected chi connectivity index (χ2v) is 7.63. The lowest BCUT2D eigenvalue weighted by molar-refractivity contribution is -0.136. The van der Waals surface area contributed by atoms with Gasteiger partial charge in [0.25, 0.3) is 5.91 Å². The van der Waals surface area contributed by atoms with Crippen molar-refractivity contribution in [1.29, 1.82) is 0 Å². The van der Waals surface area contributed by atoms with E-state index in [9.17, 15) is 9.59 Å². The van der Waals surface area contributed by atoms with Crippen molar-refractivity contribution < 1.29 is 14.3 Å². The molecular formula is C19H28ClN3O3. The van der Waals surface area contributed by atoms with Gasteiger partial charge in [-0.1, -0.05) is 19.9 Å². The molecule has 144 valence electrons. The standard InChI is InChI=1S/C19H27N3O3.ClH/c1-19(2)13-21(10-8-16(19)20)18(24)12-25-15-6-3-5-14(11-15)22-9-4-7-17(22)23;/h3,5-6,11,16H,4,7-10,12-13,20H2,1-2H3;1H. The number of ether oxygens (including phenoxy) is 1. The summed E-state index contributed by atoms with van der Waals surface area (Å²) in [4.78, 5) is 27.9. The number of amides is 2. The summed E-state index contributed by atoms with van der Waals surface area (Å²) in [6.45, 7) is 6.25. The van der Waals surface area contributed by atoms with E-state index < -0.39 is 0 Å². The first-order valence-electron chi connectivity index (χ1n) is 8.93. The number of rotatable bonds is 4. The molecule has 1 aromatic carbocycles. The Morgan fingerprint density at radius 2 is 2.12 bits per heavy atom. The Balaban J connectivity index is 0.00000243. The van der Waals surface area contributed by atoms with Crippen molar-refractivity contribution >= 4 is 29.9 Å². The number of halogens is 1. The summed E-state index contributed by atoms with van der Waals surface area (Å²) in [6, 6.07) is 7.50. The van der Waals surface area contributed by atoms with Crippen molar-refractivity contribution in [2.24, 2.45) is 11.1 Å². The molecule has 0 bridgehead atoms. The largest absolute Gasteiger partial charge is 0.484 e. The Kier molecular flexibility index (Phi) is 6.53. The number of nitrogens with two attached hydrogens (primary N) is 1. The molecule has 1 aromatic rings. The molecule has 6 nitrogen and oxygen atoms in total. The maximum absolute atomic E-state index is 12.5. The summed E-state index contributed by atoms with van der Waals surface area (Å²) in [5.41, 5.74) is 6.88. The molecule has 7 heteroatoms. The second-order valence-electron chi connectivity index (χ2n) is 7.63. The van der Waals surface area contributed by atoms with Crippen LogP contribution < -0.4 is 15.4 Å². The number of benzene rings is 1. The van der Waals surface area contributed by atoms with Gasteiger partial charge in [0.2, 0.25) is 5.91 Å². The van der Waals surface area contributed by atoms with Crippen LogP contribution in [0.25, 0.3) is 0 Å². The zero-order valence-corrected chi connectivity index (χ0v) is 16.3. The van der Waals surface area contributed by atoms with Crippen LogP contribution in [0.2, 0.25) is 0 Å². The van der Waals surface area contributed by atoms with E-state index in [4.69, 9.17) is 10.5 Å². The summed E-state index contributed by atoms with van der Waals surface area (Å²) in [6.07, 6.45) is 2.29. The first-order valence-corrected chi connectivity index (χ1v) is 8.93. The molecule has 2 heterocycles. The lowest BCUT2D eigenvalue weighted by atomic mass is 9.80. The number of nitrogens with zero attached hydrogens (tertiary/aromatic N) is 2. The van der Waals surface area contributed by atoms with E-state index >= 15 is 0 Å². The third-order valence-corrected chi connectivity index (χ3v) is 5.23. The lowest BCUT2D eigenvalue weighted by Crippen LogP contribution is -2.54. The zero-order chi connectivity index (χ0) is 18.0. The predicted molar refractivity (Wildman–Crippen MR) is 104 cm³/mol. The van der Waals surface area contributed by atoms with Crippen molar-refractivity contribution in [2.75, 3.05) is 31.1 Å². The van der Waals surface area contributed by atoms with Crippen molar-refractivity contribution in [2.45, 2.75) is 39.2 Å². The van der Waals surface area contributed by atoms with Gasteiger partial charge in [-0.3, -0.25) is 9.59 Å². The minimum Gasteiger partial charge on any atom is -0.484 e. The van der Waals surface area contributed by atoms with E-state index in [1.54, 1.807) is 4.90 Å². The van der Waals surface area contributed by atoms with Gasteiger partial charge in [-0.2, -0.15) is 0 Å². The van der Waals surface area contributed by atoms with Crippen LogP contribution in [0.1, 0.15) is 33.1 Å². The molecule has 26 heavy (non-hydrogen) atoms. The molecule has 0 aliphatic carbocycles. The van der Waals surface area contributed by atoms with Gasteiger partial charge in [-0.15, -0.1) is 12.4 Å². The third kappa shape index (κ3) is 4.48. The van der Waals surface area contributed by atoms with Gasteiger partial charge in [0.15, 0.2) is 6.61 Å². The van der Waals surface area contributed by atoms with Crippen LogP contribution in [0.15, 0.2) is 24.3 Å². The molecule has 2 amide bonds. The molecule has 2 aliphatic heterocycles. The Labute approximate surface area is 161 Å². The Hall–Kier alpha value is -1.79. The van der Waals surface area contributed by atoms with E-state index in [1.807, 2.05) is 29.2 Å². The number of carbonyl (C=O) groups is 2. The van der Waals surface area contributed by atoms with E-state index in [-0.39, 0.29) is 42.3 Å². The molecule has 1 unspecified atom stereocenters. The topological polar surface area (TPSA) is 75.9 Å². The fourth-order valence-corrected chi connectivity index (χ4v) is 3.49. The number of hydrogen-bond donors (Lipinski definition) is 1. The summed E-state index contributed by atoms with van der Waals surface area (Å²) in [7, 11) is 0. The van der Waals surface area contributed by atoms with Gasteiger partial charge >= 0.3 is 0 Å². The summed E-state index contributed by atoms with van der Waals surface area (Å²) in [5.74, 6) is 0.723.